The monoisotopic (exact) mass is 332 g/mol. The Hall–Kier alpha value is -1.25. The van der Waals surface area contributed by atoms with Crippen molar-refractivity contribution in [2.45, 2.75) is 25.8 Å². The van der Waals surface area contributed by atoms with Gasteiger partial charge in [-0.2, -0.15) is 0 Å². The number of rotatable bonds is 4. The lowest BCUT2D eigenvalue weighted by atomic mass is 10.1. The van der Waals surface area contributed by atoms with Gasteiger partial charge in [-0.3, -0.25) is 9.78 Å². The van der Waals surface area contributed by atoms with Crippen LogP contribution in [0.4, 0.5) is 0 Å². The summed E-state index contributed by atoms with van der Waals surface area (Å²) in [5.74, 6) is -0.246. The molecule has 1 saturated heterocycles. The van der Waals surface area contributed by atoms with Gasteiger partial charge in [0.2, 0.25) is 10.0 Å². The summed E-state index contributed by atoms with van der Waals surface area (Å²) in [7, 11) is -3.15. The minimum Gasteiger partial charge on any atom is -0.348 e. The van der Waals surface area contributed by atoms with Gasteiger partial charge in [0.05, 0.1) is 18.1 Å². The number of aromatic nitrogens is 2. The number of carbonyl (C=O) groups is 1. The van der Waals surface area contributed by atoms with Crippen molar-refractivity contribution in [3.63, 3.8) is 0 Å². The molecular formula is C12H17ClN4O3S. The molecule has 0 unspecified atom stereocenters. The van der Waals surface area contributed by atoms with Crippen molar-refractivity contribution >= 4 is 27.5 Å². The third-order valence-electron chi connectivity index (χ3n) is 3.39. The Bertz CT molecular complexity index is 615. The highest BCUT2D eigenvalue weighted by atomic mass is 35.5. The first kappa shape index (κ1) is 16.1. The molecule has 1 amide bonds. The predicted octanol–water partition coefficient (Wildman–Crippen LogP) is 0.674. The number of nitrogens with zero attached hydrogens (tertiary/aromatic N) is 3. The summed E-state index contributed by atoms with van der Waals surface area (Å²) in [6.45, 7) is 2.46. The molecule has 1 aliphatic heterocycles. The maximum Gasteiger partial charge on any atom is 0.271 e. The van der Waals surface area contributed by atoms with E-state index >= 15 is 0 Å². The Labute approximate surface area is 128 Å². The minimum atomic E-state index is -3.15. The van der Waals surface area contributed by atoms with Crippen LogP contribution in [-0.2, 0) is 10.0 Å². The van der Waals surface area contributed by atoms with E-state index in [4.69, 9.17) is 11.6 Å². The number of nitrogens with one attached hydrogen (secondary N) is 1. The van der Waals surface area contributed by atoms with Crippen LogP contribution < -0.4 is 5.32 Å². The van der Waals surface area contributed by atoms with E-state index in [9.17, 15) is 13.2 Å². The van der Waals surface area contributed by atoms with E-state index < -0.39 is 10.0 Å². The van der Waals surface area contributed by atoms with Gasteiger partial charge in [0.25, 0.3) is 5.91 Å². The molecule has 2 heterocycles. The lowest BCUT2D eigenvalue weighted by Gasteiger charge is -2.31. The molecule has 1 aromatic rings. The van der Waals surface area contributed by atoms with E-state index in [1.54, 1.807) is 6.92 Å². The molecule has 0 bridgehead atoms. The van der Waals surface area contributed by atoms with E-state index in [1.807, 2.05) is 0 Å². The second-order valence-corrected chi connectivity index (χ2v) is 7.42. The fourth-order valence-electron chi connectivity index (χ4n) is 2.17. The lowest BCUT2D eigenvalue weighted by Crippen LogP contribution is -2.47. The van der Waals surface area contributed by atoms with Gasteiger partial charge in [0.15, 0.2) is 0 Å². The van der Waals surface area contributed by atoms with Gasteiger partial charge < -0.3 is 5.32 Å². The molecule has 9 heteroatoms. The Morgan fingerprint density at radius 2 is 2.10 bits per heavy atom. The summed E-state index contributed by atoms with van der Waals surface area (Å²) >= 11 is 5.69. The molecule has 0 atom stereocenters. The van der Waals surface area contributed by atoms with Crippen LogP contribution >= 0.6 is 11.6 Å². The first-order valence-corrected chi connectivity index (χ1v) is 8.67. The summed E-state index contributed by atoms with van der Waals surface area (Å²) in [6.07, 6.45) is 3.86. The molecule has 0 saturated carbocycles. The average molecular weight is 333 g/mol. The van der Waals surface area contributed by atoms with E-state index in [-0.39, 0.29) is 28.5 Å². The normalized spacial score (nSPS) is 17.6. The molecule has 0 aliphatic carbocycles. The maximum atomic E-state index is 12.0. The van der Waals surface area contributed by atoms with Crippen LogP contribution in [0.25, 0.3) is 0 Å². The number of piperidine rings is 1. The standard InChI is InChI=1S/C12H17ClN4O3S/c1-2-21(19,20)17-5-3-9(4-6-17)15-12(18)10-7-14-8-11(13)16-10/h7-9H,2-6H2,1H3,(H,15,18). The van der Waals surface area contributed by atoms with Crippen LogP contribution in [0.2, 0.25) is 5.15 Å². The van der Waals surface area contributed by atoms with Crippen molar-refractivity contribution in [2.75, 3.05) is 18.8 Å². The molecule has 116 valence electrons. The highest BCUT2D eigenvalue weighted by molar-refractivity contribution is 7.89. The third kappa shape index (κ3) is 4.12. The summed E-state index contributed by atoms with van der Waals surface area (Å²) in [5.41, 5.74) is 0.158. The Morgan fingerprint density at radius 1 is 1.43 bits per heavy atom. The molecule has 1 N–H and O–H groups in total. The second-order valence-electron chi connectivity index (χ2n) is 4.77. The SMILES string of the molecule is CCS(=O)(=O)N1CCC(NC(=O)c2cncc(Cl)n2)CC1. The van der Waals surface area contributed by atoms with Crippen LogP contribution in [-0.4, -0.2) is 53.5 Å². The van der Waals surface area contributed by atoms with Gasteiger partial charge in [0, 0.05) is 19.1 Å². The van der Waals surface area contributed by atoms with Gasteiger partial charge >= 0.3 is 0 Å². The quantitative estimate of drug-likeness (QED) is 0.875. The minimum absolute atomic E-state index is 0.0680. The number of hydrogen-bond donors (Lipinski definition) is 1. The van der Waals surface area contributed by atoms with E-state index in [2.05, 4.69) is 15.3 Å². The number of carbonyl (C=O) groups excluding carboxylic acids is 1. The van der Waals surface area contributed by atoms with Crippen LogP contribution in [0.15, 0.2) is 12.4 Å². The van der Waals surface area contributed by atoms with Crippen molar-refractivity contribution in [2.24, 2.45) is 0 Å². The summed E-state index contributed by atoms with van der Waals surface area (Å²) in [4.78, 5) is 19.7. The maximum absolute atomic E-state index is 12.0. The van der Waals surface area contributed by atoms with Crippen LogP contribution in [0.5, 0.6) is 0 Å². The zero-order valence-electron chi connectivity index (χ0n) is 11.6. The molecule has 1 aliphatic rings. The summed E-state index contributed by atoms with van der Waals surface area (Å²) in [5, 5.41) is 2.99. The van der Waals surface area contributed by atoms with Crippen molar-refractivity contribution in [3.8, 4) is 0 Å². The topological polar surface area (TPSA) is 92.3 Å². The Morgan fingerprint density at radius 3 is 2.67 bits per heavy atom. The molecule has 1 fully saturated rings. The average Bonchev–Trinajstić information content (AvgIpc) is 2.48. The van der Waals surface area contributed by atoms with Crippen LogP contribution in [0, 0.1) is 0 Å². The summed E-state index contributed by atoms with van der Waals surface area (Å²) in [6, 6.07) is -0.0680. The van der Waals surface area contributed by atoms with Crippen LogP contribution in [0.1, 0.15) is 30.3 Å². The van der Waals surface area contributed by atoms with Crippen LogP contribution in [0.3, 0.4) is 0 Å². The largest absolute Gasteiger partial charge is 0.348 e. The molecule has 0 radical (unpaired) electrons. The molecule has 0 aromatic carbocycles. The van der Waals surface area contributed by atoms with Crippen molar-refractivity contribution < 1.29 is 13.2 Å². The third-order valence-corrected chi connectivity index (χ3v) is 5.45. The number of amides is 1. The second kappa shape index (κ2) is 6.67. The van der Waals surface area contributed by atoms with Gasteiger partial charge in [-0.15, -0.1) is 0 Å². The predicted molar refractivity (Wildman–Crippen MR) is 78.6 cm³/mol. The zero-order valence-corrected chi connectivity index (χ0v) is 13.2. The fraction of sp³-hybridized carbons (Fsp3) is 0.583. The number of halogens is 1. The molecular weight excluding hydrogens is 316 g/mol. The first-order chi connectivity index (χ1) is 9.92. The van der Waals surface area contributed by atoms with E-state index in [1.165, 1.54) is 16.7 Å². The fourth-order valence-corrected chi connectivity index (χ4v) is 3.45. The zero-order chi connectivity index (χ0) is 15.5. The first-order valence-electron chi connectivity index (χ1n) is 6.68. The molecule has 2 rings (SSSR count). The molecule has 0 spiro atoms. The van der Waals surface area contributed by atoms with E-state index in [0.717, 1.165) is 0 Å². The van der Waals surface area contributed by atoms with Gasteiger partial charge in [-0.25, -0.2) is 17.7 Å². The smallest absolute Gasteiger partial charge is 0.271 e. The highest BCUT2D eigenvalue weighted by Gasteiger charge is 2.27. The molecule has 21 heavy (non-hydrogen) atoms. The number of hydrogen-bond acceptors (Lipinski definition) is 5. The number of sulfonamides is 1. The van der Waals surface area contributed by atoms with E-state index in [0.29, 0.717) is 25.9 Å². The van der Waals surface area contributed by atoms with Gasteiger partial charge in [0.1, 0.15) is 10.8 Å². The van der Waals surface area contributed by atoms with Crippen molar-refractivity contribution in [3.05, 3.63) is 23.2 Å². The lowest BCUT2D eigenvalue weighted by molar-refractivity contribution is 0.0918. The Balaban J connectivity index is 1.91. The Kier molecular flexibility index (Phi) is 5.13. The summed E-state index contributed by atoms with van der Waals surface area (Å²) < 4.78 is 25.0. The molecule has 1 aromatic heterocycles. The highest BCUT2D eigenvalue weighted by Crippen LogP contribution is 2.15. The van der Waals surface area contributed by atoms with Crippen molar-refractivity contribution in [1.29, 1.82) is 0 Å². The van der Waals surface area contributed by atoms with Gasteiger partial charge in [-0.05, 0) is 19.8 Å². The molecule has 7 nitrogen and oxygen atoms in total. The van der Waals surface area contributed by atoms with Crippen molar-refractivity contribution in [1.82, 2.24) is 19.6 Å². The van der Waals surface area contributed by atoms with Gasteiger partial charge in [-0.1, -0.05) is 11.6 Å².